The average molecular weight is 226 g/mol. The summed E-state index contributed by atoms with van der Waals surface area (Å²) >= 11 is 0. The van der Waals surface area contributed by atoms with Gasteiger partial charge in [0.1, 0.15) is 0 Å². The molecule has 1 heterocycles. The Morgan fingerprint density at radius 2 is 2.00 bits per heavy atom. The van der Waals surface area contributed by atoms with Crippen LogP contribution in [0, 0.1) is 5.92 Å². The summed E-state index contributed by atoms with van der Waals surface area (Å²) < 4.78 is 0. The maximum atomic E-state index is 10.7. The summed E-state index contributed by atoms with van der Waals surface area (Å²) in [6.07, 6.45) is 8.62. The monoisotopic (exact) mass is 226 g/mol. The quantitative estimate of drug-likeness (QED) is 0.676. The number of nitrogens with zero attached hydrogens (tertiary/aromatic N) is 1. The first kappa shape index (κ1) is 13.5. The summed E-state index contributed by atoms with van der Waals surface area (Å²) in [6.45, 7) is 5.43. The molecule has 1 amide bonds. The maximum Gasteiger partial charge on any atom is 0.218 e. The molecule has 3 nitrogen and oxygen atoms in total. The molecule has 1 fully saturated rings. The van der Waals surface area contributed by atoms with Crippen molar-refractivity contribution in [3.8, 4) is 0 Å². The third kappa shape index (κ3) is 5.50. The Balaban J connectivity index is 2.06. The zero-order valence-electron chi connectivity index (χ0n) is 10.6. The van der Waals surface area contributed by atoms with E-state index in [1.54, 1.807) is 0 Å². The van der Waals surface area contributed by atoms with Gasteiger partial charge in [0.25, 0.3) is 0 Å². The van der Waals surface area contributed by atoms with Crippen LogP contribution in [0.1, 0.15) is 51.9 Å². The molecule has 0 aromatic rings. The molecule has 3 heteroatoms. The SMILES string of the molecule is CCCCCC1CCN(CCC(N)=O)CC1. The highest BCUT2D eigenvalue weighted by atomic mass is 16.1. The normalized spacial score (nSPS) is 18.8. The predicted molar refractivity (Wildman–Crippen MR) is 67.1 cm³/mol. The van der Waals surface area contributed by atoms with Crippen molar-refractivity contribution in [2.45, 2.75) is 51.9 Å². The van der Waals surface area contributed by atoms with E-state index in [9.17, 15) is 4.79 Å². The summed E-state index contributed by atoms with van der Waals surface area (Å²) in [7, 11) is 0. The fourth-order valence-corrected chi connectivity index (χ4v) is 2.45. The fraction of sp³-hybridized carbons (Fsp3) is 0.923. The van der Waals surface area contributed by atoms with E-state index in [2.05, 4.69) is 11.8 Å². The van der Waals surface area contributed by atoms with Gasteiger partial charge in [-0.25, -0.2) is 0 Å². The summed E-state index contributed by atoms with van der Waals surface area (Å²) in [5.74, 6) is 0.751. The van der Waals surface area contributed by atoms with Gasteiger partial charge in [-0.1, -0.05) is 32.6 Å². The number of unbranched alkanes of at least 4 members (excludes halogenated alkanes) is 2. The lowest BCUT2D eigenvalue weighted by molar-refractivity contribution is -0.118. The number of rotatable bonds is 7. The van der Waals surface area contributed by atoms with Crippen LogP contribution in [0.3, 0.4) is 0 Å². The van der Waals surface area contributed by atoms with Crippen molar-refractivity contribution in [3.63, 3.8) is 0 Å². The lowest BCUT2D eigenvalue weighted by Crippen LogP contribution is -2.35. The minimum atomic E-state index is -0.176. The van der Waals surface area contributed by atoms with Gasteiger partial charge in [-0.2, -0.15) is 0 Å². The highest BCUT2D eigenvalue weighted by molar-refractivity contribution is 5.73. The number of primary amides is 1. The van der Waals surface area contributed by atoms with E-state index in [1.807, 2.05) is 0 Å². The molecule has 0 aliphatic carbocycles. The molecule has 1 aliphatic heterocycles. The van der Waals surface area contributed by atoms with Gasteiger partial charge in [0.15, 0.2) is 0 Å². The Hall–Kier alpha value is -0.570. The number of piperidine rings is 1. The molecule has 2 N–H and O–H groups in total. The first-order valence-electron chi connectivity index (χ1n) is 6.73. The van der Waals surface area contributed by atoms with Crippen molar-refractivity contribution in [2.75, 3.05) is 19.6 Å². The second kappa shape index (κ2) is 7.66. The number of amides is 1. The van der Waals surface area contributed by atoms with Crippen molar-refractivity contribution in [3.05, 3.63) is 0 Å². The van der Waals surface area contributed by atoms with Crippen LogP contribution in [0.5, 0.6) is 0 Å². The average Bonchev–Trinajstić information content (AvgIpc) is 2.28. The van der Waals surface area contributed by atoms with Gasteiger partial charge in [-0.05, 0) is 31.8 Å². The van der Waals surface area contributed by atoms with E-state index in [0.717, 1.165) is 25.6 Å². The molecule has 0 radical (unpaired) electrons. The molecule has 0 spiro atoms. The van der Waals surface area contributed by atoms with Crippen LogP contribution in [0.2, 0.25) is 0 Å². The second-order valence-corrected chi connectivity index (χ2v) is 5.00. The number of carbonyl (C=O) groups excluding carboxylic acids is 1. The molecule has 1 aliphatic rings. The van der Waals surface area contributed by atoms with Crippen molar-refractivity contribution in [2.24, 2.45) is 11.7 Å². The van der Waals surface area contributed by atoms with E-state index < -0.39 is 0 Å². The molecule has 0 unspecified atom stereocenters. The van der Waals surface area contributed by atoms with Crippen LogP contribution in [-0.2, 0) is 4.79 Å². The Bertz CT molecular complexity index is 198. The number of carbonyl (C=O) groups is 1. The summed E-state index contributed by atoms with van der Waals surface area (Å²) in [4.78, 5) is 13.1. The molecule has 1 saturated heterocycles. The molecule has 0 aromatic heterocycles. The van der Waals surface area contributed by atoms with Gasteiger partial charge < -0.3 is 10.6 Å². The van der Waals surface area contributed by atoms with Crippen LogP contribution in [0.15, 0.2) is 0 Å². The van der Waals surface area contributed by atoms with Crippen LogP contribution in [0.4, 0.5) is 0 Å². The summed E-state index contributed by atoms with van der Waals surface area (Å²) in [5, 5.41) is 0. The van der Waals surface area contributed by atoms with Gasteiger partial charge in [-0.15, -0.1) is 0 Å². The largest absolute Gasteiger partial charge is 0.370 e. The van der Waals surface area contributed by atoms with E-state index >= 15 is 0 Å². The maximum absolute atomic E-state index is 10.7. The molecule has 1 rings (SSSR count). The predicted octanol–water partition coefficient (Wildman–Crippen LogP) is 2.15. The van der Waals surface area contributed by atoms with E-state index in [4.69, 9.17) is 5.73 Å². The molecule has 94 valence electrons. The minimum absolute atomic E-state index is 0.176. The van der Waals surface area contributed by atoms with Crippen molar-refractivity contribution >= 4 is 5.91 Å². The van der Waals surface area contributed by atoms with Gasteiger partial charge in [-0.3, -0.25) is 4.79 Å². The number of likely N-dealkylation sites (tertiary alicyclic amines) is 1. The Morgan fingerprint density at radius 1 is 1.31 bits per heavy atom. The summed E-state index contributed by atoms with van der Waals surface area (Å²) in [6, 6.07) is 0. The molecule has 0 saturated carbocycles. The molecule has 0 bridgehead atoms. The molecule has 16 heavy (non-hydrogen) atoms. The van der Waals surface area contributed by atoms with Crippen LogP contribution in [0.25, 0.3) is 0 Å². The smallest absolute Gasteiger partial charge is 0.218 e. The number of nitrogens with two attached hydrogens (primary N) is 1. The minimum Gasteiger partial charge on any atom is -0.370 e. The first-order valence-corrected chi connectivity index (χ1v) is 6.73. The number of hydrogen-bond acceptors (Lipinski definition) is 2. The van der Waals surface area contributed by atoms with Crippen LogP contribution >= 0.6 is 0 Å². The fourth-order valence-electron chi connectivity index (χ4n) is 2.45. The van der Waals surface area contributed by atoms with Gasteiger partial charge in [0.2, 0.25) is 5.91 Å². The summed E-state index contributed by atoms with van der Waals surface area (Å²) in [5.41, 5.74) is 5.15. The Kier molecular flexibility index (Phi) is 6.46. The first-order chi connectivity index (χ1) is 7.72. The zero-order valence-corrected chi connectivity index (χ0v) is 10.6. The molecule has 0 atom stereocenters. The van der Waals surface area contributed by atoms with E-state index in [0.29, 0.717) is 6.42 Å². The standard InChI is InChI=1S/C13H26N2O/c1-2-3-4-5-12-6-9-15(10-7-12)11-8-13(14)16/h12H,2-11H2,1H3,(H2,14,16). The zero-order chi connectivity index (χ0) is 11.8. The lowest BCUT2D eigenvalue weighted by atomic mass is 9.91. The van der Waals surface area contributed by atoms with E-state index in [-0.39, 0.29) is 5.91 Å². The highest BCUT2D eigenvalue weighted by Crippen LogP contribution is 2.22. The Morgan fingerprint density at radius 3 is 2.56 bits per heavy atom. The van der Waals surface area contributed by atoms with Gasteiger partial charge in [0.05, 0.1) is 0 Å². The number of hydrogen-bond donors (Lipinski definition) is 1. The van der Waals surface area contributed by atoms with E-state index in [1.165, 1.54) is 38.5 Å². The molecule has 0 aromatic carbocycles. The van der Waals surface area contributed by atoms with Crippen LogP contribution < -0.4 is 5.73 Å². The highest BCUT2D eigenvalue weighted by Gasteiger charge is 2.18. The Labute approximate surface area is 99.4 Å². The second-order valence-electron chi connectivity index (χ2n) is 5.00. The molecular weight excluding hydrogens is 200 g/mol. The van der Waals surface area contributed by atoms with Crippen LogP contribution in [-0.4, -0.2) is 30.4 Å². The molecular formula is C13H26N2O. The topological polar surface area (TPSA) is 46.3 Å². The third-order valence-electron chi connectivity index (χ3n) is 3.60. The van der Waals surface area contributed by atoms with Gasteiger partial charge >= 0.3 is 0 Å². The van der Waals surface area contributed by atoms with Gasteiger partial charge in [0, 0.05) is 13.0 Å². The lowest BCUT2D eigenvalue weighted by Gasteiger charge is -2.31. The third-order valence-corrected chi connectivity index (χ3v) is 3.60. The van der Waals surface area contributed by atoms with Crippen molar-refractivity contribution < 1.29 is 4.79 Å². The van der Waals surface area contributed by atoms with Crippen molar-refractivity contribution in [1.82, 2.24) is 4.90 Å². The van der Waals surface area contributed by atoms with Crippen molar-refractivity contribution in [1.29, 1.82) is 0 Å².